The van der Waals surface area contributed by atoms with E-state index in [1.165, 1.54) is 5.10 Å². The molecule has 0 unspecified atom stereocenters. The highest BCUT2D eigenvalue weighted by molar-refractivity contribution is 9.10. The number of hydrogen-bond donors (Lipinski definition) is 1. The number of hydrogen-bond acceptors (Lipinski definition) is 2. The second-order valence-electron chi connectivity index (χ2n) is 2.50. The average molecular weight is 293 g/mol. The third-order valence-corrected chi connectivity index (χ3v) is 2.03. The minimum atomic E-state index is -5.75. The van der Waals surface area contributed by atoms with Gasteiger partial charge in [0.25, 0.3) is 5.56 Å². The topological polar surface area (TPSA) is 45.8 Å². The lowest BCUT2D eigenvalue weighted by Gasteiger charge is -2.18. The molecular formula is C6H2BrF5N2O. The molecule has 9 heteroatoms. The number of alkyl halides is 5. The van der Waals surface area contributed by atoms with Crippen LogP contribution in [0.25, 0.3) is 0 Å². The molecule has 0 aliphatic carbocycles. The van der Waals surface area contributed by atoms with Crippen molar-refractivity contribution in [1.82, 2.24) is 10.2 Å². The Balaban J connectivity index is 3.28. The van der Waals surface area contributed by atoms with Gasteiger partial charge in [-0.05, 0) is 22.0 Å². The summed E-state index contributed by atoms with van der Waals surface area (Å²) in [7, 11) is 0. The summed E-state index contributed by atoms with van der Waals surface area (Å²) in [5.41, 5.74) is -2.46. The van der Waals surface area contributed by atoms with Crippen LogP contribution in [0.1, 0.15) is 5.69 Å². The molecule has 0 aliphatic rings. The van der Waals surface area contributed by atoms with Gasteiger partial charge in [0, 0.05) is 0 Å². The summed E-state index contributed by atoms with van der Waals surface area (Å²) in [5, 5.41) is 4.15. The lowest BCUT2D eigenvalue weighted by Crippen LogP contribution is -2.35. The number of aromatic amines is 1. The van der Waals surface area contributed by atoms with Crippen molar-refractivity contribution in [2.75, 3.05) is 0 Å². The highest BCUT2D eigenvalue weighted by atomic mass is 79.9. The molecule has 0 aliphatic heterocycles. The summed E-state index contributed by atoms with van der Waals surface area (Å²) in [6.45, 7) is 0. The van der Waals surface area contributed by atoms with Crippen LogP contribution in [0.5, 0.6) is 0 Å². The van der Waals surface area contributed by atoms with Crippen LogP contribution in [0.3, 0.4) is 0 Å². The summed E-state index contributed by atoms with van der Waals surface area (Å²) in [4.78, 5) is 10.7. The second kappa shape index (κ2) is 3.54. The van der Waals surface area contributed by atoms with Crippen LogP contribution in [0.4, 0.5) is 22.0 Å². The summed E-state index contributed by atoms with van der Waals surface area (Å²) < 4.78 is 60.4. The molecule has 0 amide bonds. The van der Waals surface area contributed by atoms with Gasteiger partial charge in [-0.2, -0.15) is 27.1 Å². The van der Waals surface area contributed by atoms with Gasteiger partial charge in [-0.1, -0.05) is 0 Å². The summed E-state index contributed by atoms with van der Waals surface area (Å²) in [6.07, 6.45) is -5.75. The van der Waals surface area contributed by atoms with E-state index in [1.807, 2.05) is 0 Å². The summed E-state index contributed by atoms with van der Waals surface area (Å²) in [5.74, 6) is -5.10. The molecule has 0 bridgehead atoms. The Morgan fingerprint density at radius 3 is 2.20 bits per heavy atom. The van der Waals surface area contributed by atoms with Gasteiger partial charge in [0.05, 0.1) is 4.47 Å². The molecule has 0 atom stereocenters. The number of H-pyrrole nitrogens is 1. The molecule has 0 fully saturated rings. The maximum Gasteiger partial charge on any atom is 0.459 e. The van der Waals surface area contributed by atoms with Crippen molar-refractivity contribution in [2.24, 2.45) is 0 Å². The SMILES string of the molecule is O=c1[nH]nc(C(F)(F)C(F)(F)F)cc1Br. The molecular weight excluding hydrogens is 291 g/mol. The molecule has 0 spiro atoms. The highest BCUT2D eigenvalue weighted by Gasteiger charge is 2.60. The largest absolute Gasteiger partial charge is 0.459 e. The Morgan fingerprint density at radius 1 is 1.27 bits per heavy atom. The van der Waals surface area contributed by atoms with Crippen molar-refractivity contribution in [1.29, 1.82) is 0 Å². The fourth-order valence-corrected chi connectivity index (χ4v) is 0.994. The van der Waals surface area contributed by atoms with Gasteiger partial charge in [-0.15, -0.1) is 0 Å². The zero-order valence-electron chi connectivity index (χ0n) is 6.70. The second-order valence-corrected chi connectivity index (χ2v) is 3.36. The van der Waals surface area contributed by atoms with E-state index >= 15 is 0 Å². The molecule has 84 valence electrons. The Morgan fingerprint density at radius 2 is 1.80 bits per heavy atom. The van der Waals surface area contributed by atoms with Crippen LogP contribution < -0.4 is 5.56 Å². The molecule has 15 heavy (non-hydrogen) atoms. The number of halogens is 6. The van der Waals surface area contributed by atoms with Gasteiger partial charge in [-0.25, -0.2) is 5.10 Å². The quantitative estimate of drug-likeness (QED) is 0.807. The van der Waals surface area contributed by atoms with Crippen LogP contribution in [0.2, 0.25) is 0 Å². The fourth-order valence-electron chi connectivity index (χ4n) is 0.688. The molecule has 1 N–H and O–H groups in total. The van der Waals surface area contributed by atoms with Crippen LogP contribution in [-0.4, -0.2) is 16.4 Å². The minimum Gasteiger partial charge on any atom is -0.267 e. The van der Waals surface area contributed by atoms with Crippen molar-refractivity contribution in [2.45, 2.75) is 12.1 Å². The van der Waals surface area contributed by atoms with Crippen LogP contribution in [-0.2, 0) is 5.92 Å². The first-order valence-corrected chi connectivity index (χ1v) is 4.16. The van der Waals surface area contributed by atoms with Gasteiger partial charge < -0.3 is 0 Å². The molecule has 1 aromatic rings. The monoisotopic (exact) mass is 292 g/mol. The highest BCUT2D eigenvalue weighted by Crippen LogP contribution is 2.42. The lowest BCUT2D eigenvalue weighted by atomic mass is 10.2. The number of nitrogens with zero attached hydrogens (tertiary/aromatic N) is 1. The fraction of sp³-hybridized carbons (Fsp3) is 0.333. The third kappa shape index (κ3) is 2.16. The molecule has 0 saturated carbocycles. The smallest absolute Gasteiger partial charge is 0.267 e. The predicted octanol–water partition coefficient (Wildman–Crippen LogP) is 2.19. The molecule has 0 radical (unpaired) electrons. The minimum absolute atomic E-state index is 0.326. The van der Waals surface area contributed by atoms with Crippen LogP contribution >= 0.6 is 15.9 Å². The average Bonchev–Trinajstić information content (AvgIpc) is 2.07. The first-order valence-electron chi connectivity index (χ1n) is 3.36. The van der Waals surface area contributed by atoms with E-state index in [4.69, 9.17) is 0 Å². The standard InChI is InChI=1S/C6H2BrF5N2O/c7-2-1-3(13-14-4(2)15)5(8,9)6(10,11)12/h1H,(H,14,15). The molecule has 0 saturated heterocycles. The third-order valence-electron chi connectivity index (χ3n) is 1.44. The van der Waals surface area contributed by atoms with Crippen molar-refractivity contribution in [3.8, 4) is 0 Å². The summed E-state index contributed by atoms with van der Waals surface area (Å²) in [6, 6.07) is 0.326. The van der Waals surface area contributed by atoms with E-state index in [2.05, 4.69) is 21.0 Å². The van der Waals surface area contributed by atoms with E-state index in [0.29, 0.717) is 6.07 Å². The molecule has 1 rings (SSSR count). The lowest BCUT2D eigenvalue weighted by molar-refractivity contribution is -0.291. The van der Waals surface area contributed by atoms with E-state index in [-0.39, 0.29) is 0 Å². The summed E-state index contributed by atoms with van der Waals surface area (Å²) >= 11 is 2.52. The normalized spacial score (nSPS) is 12.9. The van der Waals surface area contributed by atoms with E-state index in [9.17, 15) is 26.7 Å². The zero-order valence-corrected chi connectivity index (χ0v) is 8.29. The first-order chi connectivity index (χ1) is 6.66. The predicted molar refractivity (Wildman–Crippen MR) is 42.5 cm³/mol. The number of nitrogens with one attached hydrogen (secondary N) is 1. The van der Waals surface area contributed by atoms with Gasteiger partial charge >= 0.3 is 12.1 Å². The Labute approximate surface area is 87.4 Å². The van der Waals surface area contributed by atoms with E-state index in [0.717, 1.165) is 0 Å². The van der Waals surface area contributed by atoms with Crippen LogP contribution in [0.15, 0.2) is 15.3 Å². The Hall–Kier alpha value is -0.990. The maximum absolute atomic E-state index is 12.6. The number of rotatable bonds is 1. The van der Waals surface area contributed by atoms with Crippen LogP contribution in [0, 0.1) is 0 Å². The maximum atomic E-state index is 12.6. The van der Waals surface area contributed by atoms with Gasteiger partial charge in [0.15, 0.2) is 0 Å². The molecule has 3 nitrogen and oxygen atoms in total. The number of aromatic nitrogens is 2. The molecule has 0 aromatic carbocycles. The van der Waals surface area contributed by atoms with Gasteiger partial charge in [0.2, 0.25) is 0 Å². The van der Waals surface area contributed by atoms with Crippen molar-refractivity contribution in [3.05, 3.63) is 26.6 Å². The zero-order chi connectivity index (χ0) is 11.9. The van der Waals surface area contributed by atoms with Gasteiger partial charge in [0.1, 0.15) is 5.69 Å². The Bertz CT molecular complexity index is 426. The van der Waals surface area contributed by atoms with Gasteiger partial charge in [-0.3, -0.25) is 4.79 Å². The van der Waals surface area contributed by atoms with Crippen molar-refractivity contribution in [3.63, 3.8) is 0 Å². The molecule has 1 heterocycles. The Kier molecular flexibility index (Phi) is 2.85. The van der Waals surface area contributed by atoms with Crippen molar-refractivity contribution < 1.29 is 22.0 Å². The van der Waals surface area contributed by atoms with E-state index < -0.39 is 27.8 Å². The molecule has 1 aromatic heterocycles. The van der Waals surface area contributed by atoms with E-state index in [1.54, 1.807) is 0 Å². The van der Waals surface area contributed by atoms with Crippen molar-refractivity contribution >= 4 is 15.9 Å². The first kappa shape index (κ1) is 12.1.